The Kier molecular flexibility index (Phi) is 6.88. The SMILES string of the molecule is CN(c1ccc(-c2ccc(N(c3cccc4c3C=CCC4)c3cccc4ccccc34)cc2)cc1)c1ccc2ccccc2c1. The summed E-state index contributed by atoms with van der Waals surface area (Å²) in [5.41, 5.74) is 11.0. The van der Waals surface area contributed by atoms with E-state index in [1.54, 1.807) is 0 Å². The van der Waals surface area contributed by atoms with Gasteiger partial charge in [-0.3, -0.25) is 0 Å². The molecule has 0 saturated carbocycles. The summed E-state index contributed by atoms with van der Waals surface area (Å²) in [5, 5.41) is 5.00. The first-order chi connectivity index (χ1) is 22.2. The zero-order valence-corrected chi connectivity index (χ0v) is 25.4. The van der Waals surface area contributed by atoms with Crippen LogP contribution in [0.15, 0.2) is 158 Å². The van der Waals surface area contributed by atoms with Crippen molar-refractivity contribution >= 4 is 56.1 Å². The molecule has 0 aliphatic heterocycles. The van der Waals surface area contributed by atoms with Crippen LogP contribution in [0.1, 0.15) is 17.5 Å². The van der Waals surface area contributed by atoms with Gasteiger partial charge in [0.15, 0.2) is 0 Å². The van der Waals surface area contributed by atoms with Crippen molar-refractivity contribution in [2.24, 2.45) is 0 Å². The lowest BCUT2D eigenvalue weighted by molar-refractivity contribution is 0.984. The number of hydrogen-bond donors (Lipinski definition) is 0. The van der Waals surface area contributed by atoms with Crippen LogP contribution < -0.4 is 9.80 Å². The van der Waals surface area contributed by atoms with Gasteiger partial charge in [0.05, 0.1) is 11.4 Å². The van der Waals surface area contributed by atoms with Crippen LogP contribution in [0.4, 0.5) is 28.4 Å². The Morgan fingerprint density at radius 2 is 1.11 bits per heavy atom. The molecule has 0 saturated heterocycles. The van der Waals surface area contributed by atoms with E-state index in [2.05, 4.69) is 181 Å². The molecule has 8 rings (SSSR count). The van der Waals surface area contributed by atoms with Crippen molar-refractivity contribution in [2.75, 3.05) is 16.8 Å². The van der Waals surface area contributed by atoms with Gasteiger partial charge in [-0.15, -0.1) is 0 Å². The standard InChI is InChI=1S/C43H34N2/c1-44(39-29-24-31-10-2-3-13-36(31)30-39)37-25-20-32(21-26-37)33-22-27-38(28-23-33)45(42-18-8-14-34-11-4-6-16-40(34)42)43-19-9-15-35-12-5-7-17-41(35)43/h2-4,6-11,13-30H,5,12H2,1H3. The van der Waals surface area contributed by atoms with E-state index < -0.39 is 0 Å². The van der Waals surface area contributed by atoms with Gasteiger partial charge in [0.1, 0.15) is 0 Å². The molecule has 1 aliphatic carbocycles. The van der Waals surface area contributed by atoms with Gasteiger partial charge >= 0.3 is 0 Å². The van der Waals surface area contributed by atoms with E-state index in [9.17, 15) is 0 Å². The lowest BCUT2D eigenvalue weighted by Gasteiger charge is -2.30. The van der Waals surface area contributed by atoms with Crippen molar-refractivity contribution in [3.8, 4) is 11.1 Å². The molecule has 2 nitrogen and oxygen atoms in total. The third-order valence-corrected chi connectivity index (χ3v) is 9.12. The van der Waals surface area contributed by atoms with Crippen LogP contribution in [-0.2, 0) is 6.42 Å². The van der Waals surface area contributed by atoms with Crippen molar-refractivity contribution in [2.45, 2.75) is 12.8 Å². The summed E-state index contributed by atoms with van der Waals surface area (Å²) in [6.45, 7) is 0. The van der Waals surface area contributed by atoms with Gasteiger partial charge in [0, 0.05) is 35.1 Å². The maximum atomic E-state index is 2.43. The smallest absolute Gasteiger partial charge is 0.0540 e. The second-order valence-electron chi connectivity index (χ2n) is 11.8. The van der Waals surface area contributed by atoms with E-state index >= 15 is 0 Å². The highest BCUT2D eigenvalue weighted by atomic mass is 15.1. The third-order valence-electron chi connectivity index (χ3n) is 9.12. The zero-order chi connectivity index (χ0) is 30.2. The summed E-state index contributed by atoms with van der Waals surface area (Å²) in [4.78, 5) is 4.68. The molecule has 7 aromatic carbocycles. The molecule has 0 N–H and O–H groups in total. The molecule has 7 aromatic rings. The molecule has 0 spiro atoms. The first-order valence-electron chi connectivity index (χ1n) is 15.7. The average Bonchev–Trinajstić information content (AvgIpc) is 3.12. The molecule has 0 heterocycles. The minimum absolute atomic E-state index is 1.08. The molecule has 0 amide bonds. The van der Waals surface area contributed by atoms with Gasteiger partial charge in [0.2, 0.25) is 0 Å². The zero-order valence-electron chi connectivity index (χ0n) is 25.4. The summed E-state index contributed by atoms with van der Waals surface area (Å²) in [5.74, 6) is 0. The molecule has 45 heavy (non-hydrogen) atoms. The molecule has 216 valence electrons. The highest BCUT2D eigenvalue weighted by Gasteiger charge is 2.20. The van der Waals surface area contributed by atoms with Gasteiger partial charge in [-0.25, -0.2) is 0 Å². The second kappa shape index (κ2) is 11.5. The number of anilines is 5. The number of benzene rings is 7. The summed E-state index contributed by atoms with van der Waals surface area (Å²) >= 11 is 0. The van der Waals surface area contributed by atoms with Crippen LogP contribution in [0, 0.1) is 0 Å². The molecule has 0 unspecified atom stereocenters. The number of aryl methyl sites for hydroxylation is 1. The Morgan fingerprint density at radius 1 is 0.489 bits per heavy atom. The van der Waals surface area contributed by atoms with E-state index in [-0.39, 0.29) is 0 Å². The minimum atomic E-state index is 1.08. The number of allylic oxidation sites excluding steroid dienone is 1. The molecule has 2 heteroatoms. The van der Waals surface area contributed by atoms with E-state index in [1.807, 2.05) is 0 Å². The Balaban J connectivity index is 1.14. The van der Waals surface area contributed by atoms with Crippen LogP contribution in [-0.4, -0.2) is 7.05 Å². The minimum Gasteiger partial charge on any atom is -0.345 e. The van der Waals surface area contributed by atoms with Crippen molar-refractivity contribution in [3.63, 3.8) is 0 Å². The van der Waals surface area contributed by atoms with Crippen molar-refractivity contribution in [1.29, 1.82) is 0 Å². The van der Waals surface area contributed by atoms with Crippen LogP contribution in [0.25, 0.3) is 38.7 Å². The fourth-order valence-electron chi connectivity index (χ4n) is 6.67. The number of rotatable bonds is 6. The van der Waals surface area contributed by atoms with Gasteiger partial charge < -0.3 is 9.80 Å². The Bertz CT molecular complexity index is 2170. The first kappa shape index (κ1) is 27.0. The number of hydrogen-bond acceptors (Lipinski definition) is 2. The van der Waals surface area contributed by atoms with Crippen LogP contribution >= 0.6 is 0 Å². The van der Waals surface area contributed by atoms with Crippen molar-refractivity contribution < 1.29 is 0 Å². The van der Waals surface area contributed by atoms with Crippen molar-refractivity contribution in [3.05, 3.63) is 169 Å². The fraction of sp³-hybridized carbons (Fsp3) is 0.0698. The number of fused-ring (bicyclic) bond motifs is 3. The summed E-state index contributed by atoms with van der Waals surface area (Å²) < 4.78 is 0. The molecule has 0 atom stereocenters. The van der Waals surface area contributed by atoms with E-state index in [0.717, 1.165) is 24.2 Å². The van der Waals surface area contributed by atoms with Gasteiger partial charge in [-0.1, -0.05) is 115 Å². The Hall–Kier alpha value is -5.60. The molecule has 1 aliphatic rings. The lowest BCUT2D eigenvalue weighted by atomic mass is 9.94. The Morgan fingerprint density at radius 3 is 1.91 bits per heavy atom. The lowest BCUT2D eigenvalue weighted by Crippen LogP contribution is -2.13. The van der Waals surface area contributed by atoms with Crippen LogP contribution in [0.3, 0.4) is 0 Å². The molecule has 0 aromatic heterocycles. The average molecular weight is 579 g/mol. The highest BCUT2D eigenvalue weighted by molar-refractivity contribution is 6.00. The maximum absolute atomic E-state index is 2.43. The van der Waals surface area contributed by atoms with Crippen molar-refractivity contribution in [1.82, 2.24) is 0 Å². The van der Waals surface area contributed by atoms with Gasteiger partial charge in [0.25, 0.3) is 0 Å². The predicted molar refractivity (Wildman–Crippen MR) is 193 cm³/mol. The maximum Gasteiger partial charge on any atom is 0.0540 e. The molecular weight excluding hydrogens is 544 g/mol. The highest BCUT2D eigenvalue weighted by Crippen LogP contribution is 2.43. The van der Waals surface area contributed by atoms with E-state index in [4.69, 9.17) is 0 Å². The largest absolute Gasteiger partial charge is 0.345 e. The second-order valence-corrected chi connectivity index (χ2v) is 11.8. The van der Waals surface area contributed by atoms with E-state index in [1.165, 1.54) is 60.9 Å². The summed E-state index contributed by atoms with van der Waals surface area (Å²) in [7, 11) is 2.13. The molecule has 0 fully saturated rings. The number of nitrogens with zero attached hydrogens (tertiary/aromatic N) is 2. The van der Waals surface area contributed by atoms with Crippen LogP contribution in [0.5, 0.6) is 0 Å². The quantitative estimate of drug-likeness (QED) is 0.194. The monoisotopic (exact) mass is 578 g/mol. The summed E-state index contributed by atoms with van der Waals surface area (Å²) in [6.07, 6.45) is 6.78. The molecule has 0 bridgehead atoms. The molecule has 0 radical (unpaired) electrons. The van der Waals surface area contributed by atoms with Gasteiger partial charge in [-0.2, -0.15) is 0 Å². The Labute approximate surface area is 265 Å². The summed E-state index contributed by atoms with van der Waals surface area (Å²) in [6, 6.07) is 55.1. The third kappa shape index (κ3) is 5.05. The van der Waals surface area contributed by atoms with Gasteiger partial charge in [-0.05, 0) is 94.2 Å². The normalized spacial score (nSPS) is 12.3. The molecular formula is C43H34N2. The van der Waals surface area contributed by atoms with Crippen LogP contribution in [0.2, 0.25) is 0 Å². The van der Waals surface area contributed by atoms with E-state index in [0.29, 0.717) is 0 Å². The fourth-order valence-corrected chi connectivity index (χ4v) is 6.67. The first-order valence-corrected chi connectivity index (χ1v) is 15.7. The predicted octanol–water partition coefficient (Wildman–Crippen LogP) is 11.9. The topological polar surface area (TPSA) is 6.48 Å².